The Labute approximate surface area is 156 Å². The quantitative estimate of drug-likeness (QED) is 0.763. The van der Waals surface area contributed by atoms with Gasteiger partial charge in [-0.25, -0.2) is 0 Å². The van der Waals surface area contributed by atoms with Gasteiger partial charge in [0.15, 0.2) is 0 Å². The highest BCUT2D eigenvalue weighted by molar-refractivity contribution is 6.33. The second-order valence-corrected chi connectivity index (χ2v) is 7.26. The molecule has 0 spiro atoms. The monoisotopic (exact) mass is 360 g/mol. The van der Waals surface area contributed by atoms with Crippen molar-refractivity contribution in [3.8, 4) is 5.75 Å². The molecule has 4 heteroatoms. The van der Waals surface area contributed by atoms with E-state index < -0.39 is 0 Å². The van der Waals surface area contributed by atoms with Crippen LogP contribution in [0.4, 0.5) is 0 Å². The summed E-state index contributed by atoms with van der Waals surface area (Å²) >= 11 is 6.55. The number of ether oxygens (including phenoxy) is 1. The van der Waals surface area contributed by atoms with Crippen molar-refractivity contribution in [2.45, 2.75) is 45.7 Å². The Morgan fingerprint density at radius 2 is 2.04 bits per heavy atom. The van der Waals surface area contributed by atoms with Crippen LogP contribution in [0.2, 0.25) is 5.02 Å². The van der Waals surface area contributed by atoms with Crippen molar-refractivity contribution in [1.29, 1.82) is 0 Å². The van der Waals surface area contributed by atoms with Gasteiger partial charge in [0, 0.05) is 24.5 Å². The summed E-state index contributed by atoms with van der Waals surface area (Å²) in [6.45, 7) is 9.16. The van der Waals surface area contributed by atoms with E-state index >= 15 is 0 Å². The number of benzene rings is 2. The van der Waals surface area contributed by atoms with Gasteiger partial charge in [-0.3, -0.25) is 4.90 Å². The third-order valence-corrected chi connectivity index (χ3v) is 5.19. The summed E-state index contributed by atoms with van der Waals surface area (Å²) in [4.78, 5) is 2.55. The number of nitrogens with zero attached hydrogens (tertiary/aromatic N) is 1. The SMILES string of the molecule is CCCNC1CCCN(Cc2cc(Cl)c(OCC)c3ccccc23)C1. The van der Waals surface area contributed by atoms with Gasteiger partial charge in [-0.15, -0.1) is 0 Å². The molecule has 136 valence electrons. The summed E-state index contributed by atoms with van der Waals surface area (Å²) in [5.74, 6) is 0.810. The molecule has 2 aromatic carbocycles. The molecule has 1 fully saturated rings. The summed E-state index contributed by atoms with van der Waals surface area (Å²) in [6, 6.07) is 11.1. The molecule has 0 radical (unpaired) electrons. The summed E-state index contributed by atoms with van der Waals surface area (Å²) in [7, 11) is 0. The van der Waals surface area contributed by atoms with E-state index in [9.17, 15) is 0 Å². The Kier molecular flexibility index (Phi) is 6.57. The van der Waals surface area contributed by atoms with Crippen LogP contribution < -0.4 is 10.1 Å². The molecule has 3 rings (SSSR count). The number of fused-ring (bicyclic) bond motifs is 1. The average Bonchev–Trinajstić information content (AvgIpc) is 2.63. The van der Waals surface area contributed by atoms with Crippen molar-refractivity contribution in [2.75, 3.05) is 26.2 Å². The van der Waals surface area contributed by atoms with Crippen LogP contribution in [0, 0.1) is 0 Å². The third kappa shape index (κ3) is 4.46. The number of nitrogens with one attached hydrogen (secondary N) is 1. The predicted octanol–water partition coefficient (Wildman–Crippen LogP) is 4.86. The standard InChI is InChI=1S/C21H29ClN2O/c1-3-11-23-17-8-7-12-24(15-17)14-16-13-20(22)21(25-4-2)19-10-6-5-9-18(16)19/h5-6,9-10,13,17,23H,3-4,7-8,11-12,14-15H2,1-2H3. The van der Waals surface area contributed by atoms with Gasteiger partial charge < -0.3 is 10.1 Å². The number of rotatable bonds is 7. The highest BCUT2D eigenvalue weighted by Gasteiger charge is 2.21. The number of halogens is 1. The minimum Gasteiger partial charge on any atom is -0.492 e. The largest absolute Gasteiger partial charge is 0.492 e. The molecule has 1 heterocycles. The summed E-state index contributed by atoms with van der Waals surface area (Å²) in [5.41, 5.74) is 1.29. The molecule has 3 nitrogen and oxygen atoms in total. The van der Waals surface area contributed by atoms with Gasteiger partial charge in [0.1, 0.15) is 5.75 Å². The zero-order valence-corrected chi connectivity index (χ0v) is 16.1. The van der Waals surface area contributed by atoms with Crippen molar-refractivity contribution in [2.24, 2.45) is 0 Å². The normalized spacial score (nSPS) is 18.6. The van der Waals surface area contributed by atoms with E-state index in [1.54, 1.807) is 0 Å². The van der Waals surface area contributed by atoms with E-state index in [4.69, 9.17) is 16.3 Å². The third-order valence-electron chi connectivity index (χ3n) is 4.91. The Balaban J connectivity index is 1.83. The molecule has 0 saturated carbocycles. The summed E-state index contributed by atoms with van der Waals surface area (Å²) < 4.78 is 5.80. The van der Waals surface area contributed by atoms with Gasteiger partial charge in [0.05, 0.1) is 11.6 Å². The fourth-order valence-electron chi connectivity index (χ4n) is 3.76. The van der Waals surface area contributed by atoms with Gasteiger partial charge in [-0.2, -0.15) is 0 Å². The molecular weight excluding hydrogens is 332 g/mol. The second kappa shape index (κ2) is 8.88. The predicted molar refractivity (Wildman–Crippen MR) is 107 cm³/mol. The van der Waals surface area contributed by atoms with Crippen molar-refractivity contribution in [3.63, 3.8) is 0 Å². The number of hydrogen-bond donors (Lipinski definition) is 1. The van der Waals surface area contributed by atoms with Crippen LogP contribution in [-0.2, 0) is 6.54 Å². The zero-order valence-electron chi connectivity index (χ0n) is 15.4. The van der Waals surface area contributed by atoms with Crippen LogP contribution in [0.25, 0.3) is 10.8 Å². The Hall–Kier alpha value is -1.29. The first-order valence-electron chi connectivity index (χ1n) is 9.51. The molecule has 2 aromatic rings. The van der Waals surface area contributed by atoms with E-state index in [0.717, 1.165) is 37.3 Å². The lowest BCUT2D eigenvalue weighted by Gasteiger charge is -2.33. The molecule has 1 aliphatic heterocycles. The van der Waals surface area contributed by atoms with Gasteiger partial charge >= 0.3 is 0 Å². The topological polar surface area (TPSA) is 24.5 Å². The molecule has 1 saturated heterocycles. The van der Waals surface area contributed by atoms with Gasteiger partial charge in [-0.05, 0) is 56.3 Å². The molecule has 0 aromatic heterocycles. The summed E-state index contributed by atoms with van der Waals surface area (Å²) in [5, 5.41) is 6.75. The molecule has 1 N–H and O–H groups in total. The first kappa shape index (κ1) is 18.5. The lowest BCUT2D eigenvalue weighted by Crippen LogP contribution is -2.45. The van der Waals surface area contributed by atoms with Crippen LogP contribution in [0.15, 0.2) is 30.3 Å². The molecule has 1 aliphatic rings. The van der Waals surface area contributed by atoms with Crippen LogP contribution in [0.1, 0.15) is 38.7 Å². The van der Waals surface area contributed by atoms with Crippen LogP contribution in [0.5, 0.6) is 5.75 Å². The van der Waals surface area contributed by atoms with Gasteiger partial charge in [0.25, 0.3) is 0 Å². The first-order valence-corrected chi connectivity index (χ1v) is 9.89. The molecule has 1 atom stereocenters. The van der Waals surface area contributed by atoms with Crippen LogP contribution in [-0.4, -0.2) is 37.2 Å². The number of piperidine rings is 1. The average molecular weight is 361 g/mol. The minimum absolute atomic E-state index is 0.609. The Morgan fingerprint density at radius 3 is 2.80 bits per heavy atom. The van der Waals surface area contributed by atoms with E-state index in [1.807, 2.05) is 6.92 Å². The highest BCUT2D eigenvalue weighted by atomic mass is 35.5. The Bertz CT molecular complexity index is 704. The maximum Gasteiger partial charge on any atom is 0.145 e. The van der Waals surface area contributed by atoms with Crippen molar-refractivity contribution < 1.29 is 4.74 Å². The lowest BCUT2D eigenvalue weighted by molar-refractivity contribution is 0.184. The Morgan fingerprint density at radius 1 is 1.24 bits per heavy atom. The van der Waals surface area contributed by atoms with Crippen molar-refractivity contribution in [3.05, 3.63) is 40.9 Å². The fraction of sp³-hybridized carbons (Fsp3) is 0.524. The van der Waals surface area contributed by atoms with Gasteiger partial charge in [-0.1, -0.05) is 42.8 Å². The van der Waals surface area contributed by atoms with Crippen LogP contribution in [0.3, 0.4) is 0 Å². The number of likely N-dealkylation sites (tertiary alicyclic amines) is 1. The highest BCUT2D eigenvalue weighted by Crippen LogP contribution is 2.36. The zero-order chi connectivity index (χ0) is 17.6. The maximum atomic E-state index is 6.55. The maximum absolute atomic E-state index is 6.55. The molecular formula is C21H29ClN2O. The molecule has 0 amide bonds. The number of hydrogen-bond acceptors (Lipinski definition) is 3. The first-order chi connectivity index (χ1) is 12.2. The molecule has 1 unspecified atom stereocenters. The van der Waals surface area contributed by atoms with Crippen LogP contribution >= 0.6 is 11.6 Å². The van der Waals surface area contributed by atoms with Gasteiger partial charge in [0.2, 0.25) is 0 Å². The molecule has 25 heavy (non-hydrogen) atoms. The lowest BCUT2D eigenvalue weighted by atomic mass is 10.0. The minimum atomic E-state index is 0.609. The van der Waals surface area contributed by atoms with Crippen molar-refractivity contribution in [1.82, 2.24) is 10.2 Å². The van der Waals surface area contributed by atoms with E-state index in [2.05, 4.69) is 47.5 Å². The smallest absolute Gasteiger partial charge is 0.145 e. The molecule has 0 bridgehead atoms. The fourth-order valence-corrected chi connectivity index (χ4v) is 4.05. The van der Waals surface area contributed by atoms with Crippen molar-refractivity contribution >= 4 is 22.4 Å². The summed E-state index contributed by atoms with van der Waals surface area (Å²) in [6.07, 6.45) is 3.72. The second-order valence-electron chi connectivity index (χ2n) is 6.85. The molecule has 0 aliphatic carbocycles. The van der Waals surface area contributed by atoms with E-state index in [-0.39, 0.29) is 0 Å². The van der Waals surface area contributed by atoms with E-state index in [0.29, 0.717) is 17.7 Å². The van der Waals surface area contributed by atoms with E-state index in [1.165, 1.54) is 30.2 Å².